The molecule has 1 aliphatic rings. The molecule has 0 atom stereocenters. The molecule has 0 radical (unpaired) electrons. The molecule has 23 heavy (non-hydrogen) atoms. The van der Waals surface area contributed by atoms with Crippen LogP contribution in [0.5, 0.6) is 0 Å². The van der Waals surface area contributed by atoms with Crippen LogP contribution in [0.2, 0.25) is 0 Å². The maximum absolute atomic E-state index is 9.16. The maximum Gasteiger partial charge on any atom is 0.183 e. The van der Waals surface area contributed by atoms with Gasteiger partial charge in [0.1, 0.15) is 6.07 Å². The van der Waals surface area contributed by atoms with Crippen LogP contribution in [-0.4, -0.2) is 50.5 Å². The SMILES string of the molecule is N#Cc1nccnc1N1CCN(c2nccn3ccnc23)CC1. The largest absolute Gasteiger partial charge is 0.351 e. The summed E-state index contributed by atoms with van der Waals surface area (Å²) >= 11 is 0. The fourth-order valence-electron chi connectivity index (χ4n) is 2.83. The van der Waals surface area contributed by atoms with E-state index in [9.17, 15) is 0 Å². The average molecular weight is 306 g/mol. The molecule has 0 aromatic carbocycles. The number of rotatable bonds is 2. The first-order chi connectivity index (χ1) is 11.4. The number of hydrogen-bond acceptors (Lipinski definition) is 7. The minimum absolute atomic E-state index is 0.370. The van der Waals surface area contributed by atoms with Gasteiger partial charge in [-0.3, -0.25) is 0 Å². The van der Waals surface area contributed by atoms with Gasteiger partial charge in [0, 0.05) is 63.4 Å². The Bertz CT molecular complexity index is 872. The Morgan fingerprint density at radius 2 is 1.39 bits per heavy atom. The van der Waals surface area contributed by atoms with Crippen molar-refractivity contribution in [3.05, 3.63) is 42.9 Å². The summed E-state index contributed by atoms with van der Waals surface area (Å²) in [5, 5.41) is 9.16. The van der Waals surface area contributed by atoms with E-state index in [0.29, 0.717) is 11.5 Å². The van der Waals surface area contributed by atoms with Crippen LogP contribution >= 0.6 is 0 Å². The first kappa shape index (κ1) is 13.5. The van der Waals surface area contributed by atoms with Crippen LogP contribution in [0, 0.1) is 11.3 Å². The van der Waals surface area contributed by atoms with Gasteiger partial charge in [-0.1, -0.05) is 0 Å². The Labute approximate surface area is 132 Å². The number of aromatic nitrogens is 5. The fraction of sp³-hybridized carbons (Fsp3) is 0.267. The van der Waals surface area contributed by atoms with E-state index in [1.165, 1.54) is 0 Å². The molecule has 114 valence electrons. The van der Waals surface area contributed by atoms with E-state index in [2.05, 4.69) is 35.8 Å². The van der Waals surface area contributed by atoms with Crippen molar-refractivity contribution in [3.8, 4) is 6.07 Å². The molecule has 1 saturated heterocycles. The summed E-state index contributed by atoms with van der Waals surface area (Å²) in [7, 11) is 0. The minimum atomic E-state index is 0.370. The summed E-state index contributed by atoms with van der Waals surface area (Å²) in [6.07, 6.45) is 10.5. The average Bonchev–Trinajstić information content (AvgIpc) is 3.10. The summed E-state index contributed by atoms with van der Waals surface area (Å²) in [6, 6.07) is 2.10. The summed E-state index contributed by atoms with van der Waals surface area (Å²) in [4.78, 5) is 21.5. The van der Waals surface area contributed by atoms with Gasteiger partial charge in [-0.25, -0.2) is 19.9 Å². The molecule has 1 aliphatic heterocycles. The predicted octanol–water partition coefficient (Wildman–Crippen LogP) is 0.718. The zero-order valence-electron chi connectivity index (χ0n) is 12.4. The molecule has 1 fully saturated rings. The van der Waals surface area contributed by atoms with Crippen molar-refractivity contribution in [2.24, 2.45) is 0 Å². The molecule has 4 heterocycles. The number of anilines is 2. The predicted molar refractivity (Wildman–Crippen MR) is 84.2 cm³/mol. The summed E-state index contributed by atoms with van der Waals surface area (Å²) < 4.78 is 1.96. The molecule has 8 nitrogen and oxygen atoms in total. The third kappa shape index (κ3) is 2.32. The standard InChI is InChI=1S/C15H14N8/c16-11-12-13(18-2-1-17-12)22-7-9-23(10-8-22)15-14-19-3-5-21(14)6-4-20-15/h1-6H,7-10H2. The molecular formula is C15H14N8. The van der Waals surface area contributed by atoms with E-state index >= 15 is 0 Å². The van der Waals surface area contributed by atoms with E-state index in [1.54, 1.807) is 24.8 Å². The van der Waals surface area contributed by atoms with Crippen LogP contribution in [-0.2, 0) is 0 Å². The van der Waals surface area contributed by atoms with E-state index in [0.717, 1.165) is 37.6 Å². The Hall–Kier alpha value is -3.21. The maximum atomic E-state index is 9.16. The highest BCUT2D eigenvalue weighted by Gasteiger charge is 2.23. The third-order valence-electron chi connectivity index (χ3n) is 3.96. The lowest BCUT2D eigenvalue weighted by Gasteiger charge is -2.36. The first-order valence-corrected chi connectivity index (χ1v) is 7.35. The molecule has 3 aromatic heterocycles. The Kier molecular flexibility index (Phi) is 3.24. The second-order valence-electron chi connectivity index (χ2n) is 5.22. The number of fused-ring (bicyclic) bond motifs is 1. The van der Waals surface area contributed by atoms with E-state index in [-0.39, 0.29) is 0 Å². The van der Waals surface area contributed by atoms with Gasteiger partial charge in [-0.2, -0.15) is 5.26 Å². The van der Waals surface area contributed by atoms with Gasteiger partial charge in [-0.15, -0.1) is 0 Å². The molecule has 0 spiro atoms. The second kappa shape index (κ2) is 5.53. The lowest BCUT2D eigenvalue weighted by atomic mass is 10.3. The highest BCUT2D eigenvalue weighted by molar-refractivity contribution is 5.64. The number of hydrogen-bond donors (Lipinski definition) is 0. The number of piperazine rings is 1. The van der Waals surface area contributed by atoms with E-state index < -0.39 is 0 Å². The monoisotopic (exact) mass is 306 g/mol. The Morgan fingerprint density at radius 3 is 2.13 bits per heavy atom. The number of nitriles is 1. The highest BCUT2D eigenvalue weighted by atomic mass is 15.3. The normalized spacial score (nSPS) is 14.9. The van der Waals surface area contributed by atoms with E-state index in [1.807, 2.05) is 16.8 Å². The van der Waals surface area contributed by atoms with Gasteiger partial charge in [-0.05, 0) is 0 Å². The van der Waals surface area contributed by atoms with Crippen molar-refractivity contribution in [2.75, 3.05) is 36.0 Å². The van der Waals surface area contributed by atoms with Crippen molar-refractivity contribution in [2.45, 2.75) is 0 Å². The van der Waals surface area contributed by atoms with Crippen LogP contribution in [0.15, 0.2) is 37.2 Å². The third-order valence-corrected chi connectivity index (χ3v) is 3.96. The van der Waals surface area contributed by atoms with Gasteiger partial charge in [0.25, 0.3) is 0 Å². The molecule has 0 unspecified atom stereocenters. The molecule has 0 N–H and O–H groups in total. The van der Waals surface area contributed by atoms with Crippen LogP contribution in [0.1, 0.15) is 5.69 Å². The van der Waals surface area contributed by atoms with Gasteiger partial charge < -0.3 is 14.2 Å². The van der Waals surface area contributed by atoms with Gasteiger partial charge in [0.15, 0.2) is 23.0 Å². The highest BCUT2D eigenvalue weighted by Crippen LogP contribution is 2.21. The van der Waals surface area contributed by atoms with Crippen molar-refractivity contribution < 1.29 is 0 Å². The number of imidazole rings is 1. The van der Waals surface area contributed by atoms with Gasteiger partial charge >= 0.3 is 0 Å². The van der Waals surface area contributed by atoms with Gasteiger partial charge in [0.05, 0.1) is 0 Å². The van der Waals surface area contributed by atoms with E-state index in [4.69, 9.17) is 5.26 Å². The second-order valence-corrected chi connectivity index (χ2v) is 5.22. The number of nitrogens with zero attached hydrogens (tertiary/aromatic N) is 8. The van der Waals surface area contributed by atoms with Crippen LogP contribution in [0.25, 0.3) is 5.65 Å². The van der Waals surface area contributed by atoms with Crippen molar-refractivity contribution in [3.63, 3.8) is 0 Å². The first-order valence-electron chi connectivity index (χ1n) is 7.35. The van der Waals surface area contributed by atoms with Crippen molar-refractivity contribution in [1.82, 2.24) is 24.3 Å². The minimum Gasteiger partial charge on any atom is -0.351 e. The van der Waals surface area contributed by atoms with Crippen molar-refractivity contribution in [1.29, 1.82) is 5.26 Å². The Balaban J connectivity index is 1.56. The zero-order chi connectivity index (χ0) is 15.6. The zero-order valence-corrected chi connectivity index (χ0v) is 12.4. The van der Waals surface area contributed by atoms with Gasteiger partial charge in [0.2, 0.25) is 0 Å². The lowest BCUT2D eigenvalue weighted by Crippen LogP contribution is -2.47. The molecule has 0 aliphatic carbocycles. The molecule has 3 aromatic rings. The Morgan fingerprint density at radius 1 is 0.783 bits per heavy atom. The molecular weight excluding hydrogens is 292 g/mol. The summed E-state index contributed by atoms with van der Waals surface area (Å²) in [5.41, 5.74) is 1.23. The topological polar surface area (TPSA) is 86.2 Å². The quantitative estimate of drug-likeness (QED) is 0.689. The lowest BCUT2D eigenvalue weighted by molar-refractivity contribution is 0.640. The van der Waals surface area contributed by atoms with Crippen molar-refractivity contribution >= 4 is 17.3 Å². The molecule has 0 saturated carbocycles. The van der Waals surface area contributed by atoms with Crippen LogP contribution in [0.4, 0.5) is 11.6 Å². The smallest absolute Gasteiger partial charge is 0.183 e. The fourth-order valence-corrected chi connectivity index (χ4v) is 2.83. The molecule has 8 heteroatoms. The summed E-state index contributed by atoms with van der Waals surface area (Å²) in [5.74, 6) is 1.54. The van der Waals surface area contributed by atoms with Crippen LogP contribution in [0.3, 0.4) is 0 Å². The summed E-state index contributed by atoms with van der Waals surface area (Å²) in [6.45, 7) is 3.11. The molecule has 0 amide bonds. The van der Waals surface area contributed by atoms with Crippen LogP contribution < -0.4 is 9.80 Å². The molecule has 4 rings (SSSR count). The molecule has 0 bridgehead atoms.